The molecule has 14 nitrogen and oxygen atoms in total. The maximum absolute atomic E-state index is 14.0. The zero-order chi connectivity index (χ0) is 44.8. The van der Waals surface area contributed by atoms with E-state index in [0.717, 1.165) is 69.2 Å². The summed E-state index contributed by atoms with van der Waals surface area (Å²) in [5.74, 6) is -0.229. The molecule has 3 aromatic heterocycles. The molecule has 0 unspecified atom stereocenters. The Labute approximate surface area is 375 Å². The van der Waals surface area contributed by atoms with Gasteiger partial charge in [0.05, 0.1) is 11.8 Å². The number of amides is 1. The Kier molecular flexibility index (Phi) is 11.9. The van der Waals surface area contributed by atoms with Crippen LogP contribution < -0.4 is 19.7 Å². The van der Waals surface area contributed by atoms with Crippen molar-refractivity contribution >= 4 is 44.2 Å². The summed E-state index contributed by atoms with van der Waals surface area (Å²) in [4.78, 5) is 41.9. The summed E-state index contributed by atoms with van der Waals surface area (Å²) in [7, 11) is -4.64. The second kappa shape index (κ2) is 17.4. The first-order valence-electron chi connectivity index (χ1n) is 23.0. The smallest absolute Gasteiger partial charge is 0.388 e. The molecule has 2 saturated carbocycles. The molecule has 1 amide bonds. The number of carbonyl (C=O) groups excluding carboxylic acids is 1. The van der Waals surface area contributed by atoms with Crippen molar-refractivity contribution in [3.8, 4) is 11.5 Å². The minimum absolute atomic E-state index is 0.0283. The number of nitro groups is 1. The van der Waals surface area contributed by atoms with E-state index in [0.29, 0.717) is 47.3 Å². The molecule has 0 radical (unpaired) electrons. The van der Waals surface area contributed by atoms with Gasteiger partial charge in [0, 0.05) is 61.1 Å². The lowest BCUT2D eigenvalue weighted by Crippen LogP contribution is -2.54. The summed E-state index contributed by atoms with van der Waals surface area (Å²) in [6.07, 6.45) is 14.4. The topological polar surface area (TPSA) is 176 Å². The number of nitrogens with one attached hydrogen (secondary N) is 3. The van der Waals surface area contributed by atoms with E-state index in [4.69, 9.17) is 4.74 Å². The lowest BCUT2D eigenvalue weighted by atomic mass is 9.59. The highest BCUT2D eigenvalue weighted by atomic mass is 32.2. The number of piperidine rings is 1. The van der Waals surface area contributed by atoms with Gasteiger partial charge >= 0.3 is 15.8 Å². The summed E-state index contributed by atoms with van der Waals surface area (Å²) < 4.78 is 35.9. The van der Waals surface area contributed by atoms with E-state index in [2.05, 4.69) is 86.8 Å². The third kappa shape index (κ3) is 9.06. The number of H-pyrrole nitrogens is 1. The molecule has 5 aromatic rings. The van der Waals surface area contributed by atoms with Crippen molar-refractivity contribution in [2.75, 3.05) is 36.4 Å². The Bertz CT molecular complexity index is 2640. The van der Waals surface area contributed by atoms with Crippen LogP contribution in [0.25, 0.3) is 11.0 Å². The molecule has 4 fully saturated rings. The van der Waals surface area contributed by atoms with Gasteiger partial charge in [-0.25, -0.2) is 9.71 Å². The normalized spacial score (nSPS) is 20.4. The maximum atomic E-state index is 14.0. The van der Waals surface area contributed by atoms with Gasteiger partial charge in [0.15, 0.2) is 0 Å². The van der Waals surface area contributed by atoms with Crippen LogP contribution >= 0.6 is 0 Å². The van der Waals surface area contributed by atoms with Crippen LogP contribution in [0, 0.1) is 26.9 Å². The Morgan fingerprint density at radius 3 is 2.50 bits per heavy atom. The van der Waals surface area contributed by atoms with E-state index in [9.17, 15) is 23.3 Å². The van der Waals surface area contributed by atoms with E-state index in [-0.39, 0.29) is 22.4 Å². The van der Waals surface area contributed by atoms with E-state index < -0.39 is 31.7 Å². The first-order chi connectivity index (χ1) is 30.7. The molecular formula is C49H60N8O6S. The van der Waals surface area contributed by atoms with Crippen LogP contribution in [0.1, 0.15) is 125 Å². The van der Waals surface area contributed by atoms with Gasteiger partial charge in [-0.3, -0.25) is 9.69 Å². The highest BCUT2D eigenvalue weighted by Gasteiger charge is 2.50. The quantitative estimate of drug-likeness (QED) is 0.0758. The van der Waals surface area contributed by atoms with Crippen molar-refractivity contribution in [1.29, 1.82) is 0 Å². The molecule has 0 bridgehead atoms. The zero-order valence-electron chi connectivity index (χ0n) is 37.3. The molecule has 64 heavy (non-hydrogen) atoms. The number of pyridine rings is 2. The molecule has 3 N–H and O–H groups in total. The number of rotatable bonds is 13. The molecular weight excluding hydrogens is 829 g/mol. The number of carbonyl (C=O) groups is 1. The number of aromatic amines is 1. The van der Waals surface area contributed by atoms with E-state index in [1.54, 1.807) is 30.6 Å². The number of likely N-dealkylation sites (tertiary alicyclic amines) is 1. The second-order valence-corrected chi connectivity index (χ2v) is 21.4. The SMILES string of the molecule is CC(C)c1ccccc1[C@H]1CCCN1C1CC2(CCN(c3ccc(C(=O)NS(=O)(=O)c4ccc(NCC5CCC(C)(C)CC5)c([N+](=O)[O-])n4)c(Oc4cnc5[nH]ccc5c4)c3)CC2)C1. The van der Waals surface area contributed by atoms with Crippen LogP contribution in [0.15, 0.2) is 84.1 Å². The zero-order valence-corrected chi connectivity index (χ0v) is 38.1. The minimum atomic E-state index is -4.64. The monoisotopic (exact) mass is 888 g/mol. The fourth-order valence-corrected chi connectivity index (χ4v) is 11.7. The fraction of sp³-hybridized carbons (Fsp3) is 0.490. The molecule has 2 aromatic carbocycles. The lowest BCUT2D eigenvalue weighted by molar-refractivity contribution is -0.389. The van der Waals surface area contributed by atoms with Crippen molar-refractivity contribution in [2.45, 2.75) is 115 Å². The predicted molar refractivity (Wildman–Crippen MR) is 248 cm³/mol. The Hall–Kier alpha value is -5.54. The molecule has 338 valence electrons. The van der Waals surface area contributed by atoms with Crippen molar-refractivity contribution < 1.29 is 22.9 Å². The number of fused-ring (bicyclic) bond motifs is 1. The van der Waals surface area contributed by atoms with Crippen LogP contribution in [0.3, 0.4) is 0 Å². The van der Waals surface area contributed by atoms with Crippen LogP contribution in [0.4, 0.5) is 17.2 Å². The third-order valence-electron chi connectivity index (χ3n) is 14.6. The molecule has 1 atom stereocenters. The summed E-state index contributed by atoms with van der Waals surface area (Å²) in [5, 5.41) is 15.4. The summed E-state index contributed by atoms with van der Waals surface area (Å²) in [5.41, 5.74) is 5.19. The fourth-order valence-electron chi connectivity index (χ4n) is 10.8. The first kappa shape index (κ1) is 43.7. The van der Waals surface area contributed by atoms with Crippen LogP contribution in [0.5, 0.6) is 11.5 Å². The van der Waals surface area contributed by atoms with Gasteiger partial charge < -0.3 is 30.1 Å². The second-order valence-electron chi connectivity index (χ2n) is 19.8. The van der Waals surface area contributed by atoms with Gasteiger partial charge in [0.2, 0.25) is 0 Å². The van der Waals surface area contributed by atoms with Crippen molar-refractivity contribution in [2.24, 2.45) is 16.7 Å². The highest BCUT2D eigenvalue weighted by Crippen LogP contribution is 2.54. The van der Waals surface area contributed by atoms with Crippen molar-refractivity contribution in [3.63, 3.8) is 0 Å². The number of hydrogen-bond donors (Lipinski definition) is 3. The van der Waals surface area contributed by atoms with E-state index in [1.165, 1.54) is 48.9 Å². The Morgan fingerprint density at radius 2 is 1.75 bits per heavy atom. The Morgan fingerprint density at radius 1 is 0.984 bits per heavy atom. The van der Waals surface area contributed by atoms with E-state index in [1.807, 2.05) is 12.1 Å². The van der Waals surface area contributed by atoms with Crippen LogP contribution in [-0.2, 0) is 10.0 Å². The summed E-state index contributed by atoms with van der Waals surface area (Å²) in [6, 6.07) is 21.4. The molecule has 2 aliphatic carbocycles. The molecule has 5 heterocycles. The minimum Gasteiger partial charge on any atom is -0.455 e. The summed E-state index contributed by atoms with van der Waals surface area (Å²) in [6.45, 7) is 12.4. The van der Waals surface area contributed by atoms with Crippen molar-refractivity contribution in [1.82, 2.24) is 24.6 Å². The number of benzene rings is 2. The molecule has 9 rings (SSSR count). The van der Waals surface area contributed by atoms with E-state index >= 15 is 0 Å². The van der Waals surface area contributed by atoms with Gasteiger partial charge in [-0.15, -0.1) is 0 Å². The number of anilines is 2. The molecule has 1 spiro atoms. The Balaban J connectivity index is 0.895. The van der Waals surface area contributed by atoms with Gasteiger partial charge in [-0.05, 0) is 145 Å². The average molecular weight is 889 g/mol. The first-order valence-corrected chi connectivity index (χ1v) is 24.5. The highest BCUT2D eigenvalue weighted by molar-refractivity contribution is 7.90. The molecule has 2 aliphatic heterocycles. The molecule has 4 aliphatic rings. The number of aromatic nitrogens is 3. The van der Waals surface area contributed by atoms with Crippen LogP contribution in [-0.4, -0.2) is 71.3 Å². The predicted octanol–water partition coefficient (Wildman–Crippen LogP) is 10.1. The largest absolute Gasteiger partial charge is 0.455 e. The molecule has 15 heteroatoms. The van der Waals surface area contributed by atoms with Gasteiger partial charge in [-0.2, -0.15) is 8.42 Å². The van der Waals surface area contributed by atoms with Gasteiger partial charge in [-0.1, -0.05) is 52.0 Å². The van der Waals surface area contributed by atoms with Crippen molar-refractivity contribution in [3.05, 3.63) is 106 Å². The molecule has 2 saturated heterocycles. The summed E-state index contributed by atoms with van der Waals surface area (Å²) >= 11 is 0. The number of ether oxygens (including phenoxy) is 1. The standard InChI is InChI=1S/C49H60N8O6S/c1-32(2)38-8-5-6-9-39(38)42-10-7-23-56(42)36-28-49(29-36)20-24-55(25-21-49)35-11-12-40(43(27-35)63-37-26-34-17-22-50-45(34)52-31-37)47(58)54-64(61,62)44-14-13-41(46(53-44)57(59)60)51-30-33-15-18-48(3,4)19-16-33/h5-6,8-9,11-14,17,22,26-27,31-33,36,42,51H,7,10,15-16,18-21,23-25,28-30H2,1-4H3,(H,50,52)(H,54,58)/t42-/m1/s1. The lowest BCUT2D eigenvalue weighted by Gasteiger charge is -2.56. The van der Waals surface area contributed by atoms with Gasteiger partial charge in [0.25, 0.3) is 10.9 Å². The number of sulfonamides is 1. The van der Waals surface area contributed by atoms with Crippen LogP contribution in [0.2, 0.25) is 0 Å². The number of nitrogens with zero attached hydrogens (tertiary/aromatic N) is 5. The van der Waals surface area contributed by atoms with Gasteiger partial charge in [0.1, 0.15) is 22.8 Å². The average Bonchev–Trinajstić information content (AvgIpc) is 3.95. The third-order valence-corrected chi connectivity index (χ3v) is 15.9. The maximum Gasteiger partial charge on any atom is 0.388 e. The number of hydrogen-bond acceptors (Lipinski definition) is 11.